The van der Waals surface area contributed by atoms with Crippen LogP contribution < -0.4 is 5.69 Å². The SMILES string of the molecule is O=c1n(Cc2ccccc2)c2cc(-c3ccccc3)ccc2n1CC1CC1. The predicted molar refractivity (Wildman–Crippen MR) is 110 cm³/mol. The van der Waals surface area contributed by atoms with Gasteiger partial charge < -0.3 is 0 Å². The normalized spacial score (nSPS) is 13.9. The first kappa shape index (κ1) is 16.1. The Bertz CT molecular complexity index is 1140. The van der Waals surface area contributed by atoms with E-state index in [1.54, 1.807) is 0 Å². The second kappa shape index (κ2) is 6.58. The number of fused-ring (bicyclic) bond motifs is 1. The Balaban J connectivity index is 1.67. The minimum Gasteiger partial charge on any atom is -0.292 e. The van der Waals surface area contributed by atoms with E-state index < -0.39 is 0 Å². The molecule has 1 aliphatic carbocycles. The molecular formula is C24H22N2O. The number of hydrogen-bond acceptors (Lipinski definition) is 1. The van der Waals surface area contributed by atoms with E-state index >= 15 is 0 Å². The van der Waals surface area contributed by atoms with Crippen LogP contribution in [0.5, 0.6) is 0 Å². The van der Waals surface area contributed by atoms with Crippen LogP contribution >= 0.6 is 0 Å². The van der Waals surface area contributed by atoms with Crippen molar-refractivity contribution in [2.24, 2.45) is 5.92 Å². The molecule has 0 atom stereocenters. The largest absolute Gasteiger partial charge is 0.329 e. The van der Waals surface area contributed by atoms with Crippen LogP contribution in [0.3, 0.4) is 0 Å². The Morgan fingerprint density at radius 3 is 2.15 bits per heavy atom. The van der Waals surface area contributed by atoms with Gasteiger partial charge in [-0.25, -0.2) is 4.79 Å². The maximum Gasteiger partial charge on any atom is 0.329 e. The van der Waals surface area contributed by atoms with Gasteiger partial charge >= 0.3 is 5.69 Å². The lowest BCUT2D eigenvalue weighted by molar-refractivity contribution is 0.600. The summed E-state index contributed by atoms with van der Waals surface area (Å²) in [4.78, 5) is 13.2. The average Bonchev–Trinajstić information content (AvgIpc) is 3.51. The summed E-state index contributed by atoms with van der Waals surface area (Å²) in [6.45, 7) is 1.44. The minimum atomic E-state index is 0.103. The summed E-state index contributed by atoms with van der Waals surface area (Å²) in [5.41, 5.74) is 5.64. The predicted octanol–water partition coefficient (Wildman–Crippen LogP) is 4.93. The molecular weight excluding hydrogens is 332 g/mol. The van der Waals surface area contributed by atoms with E-state index in [9.17, 15) is 4.79 Å². The molecule has 0 radical (unpaired) electrons. The van der Waals surface area contributed by atoms with Gasteiger partial charge in [-0.15, -0.1) is 0 Å². The number of aromatic nitrogens is 2. The summed E-state index contributed by atoms with van der Waals surface area (Å²) in [6, 6.07) is 27.0. The van der Waals surface area contributed by atoms with Crippen LogP contribution in [0, 0.1) is 5.92 Å². The summed E-state index contributed by atoms with van der Waals surface area (Å²) in [5, 5.41) is 0. The fraction of sp³-hybridized carbons (Fsp3) is 0.208. The highest BCUT2D eigenvalue weighted by Gasteiger charge is 2.25. The van der Waals surface area contributed by atoms with Crippen molar-refractivity contribution in [1.82, 2.24) is 9.13 Å². The molecule has 0 bridgehead atoms. The van der Waals surface area contributed by atoms with Gasteiger partial charge in [0.05, 0.1) is 17.6 Å². The third kappa shape index (κ3) is 3.10. The molecule has 3 heteroatoms. The van der Waals surface area contributed by atoms with Gasteiger partial charge in [-0.05, 0) is 47.6 Å². The molecule has 0 aliphatic heterocycles. The Morgan fingerprint density at radius 1 is 0.741 bits per heavy atom. The van der Waals surface area contributed by atoms with Crippen LogP contribution in [-0.4, -0.2) is 9.13 Å². The maximum atomic E-state index is 13.2. The van der Waals surface area contributed by atoms with E-state index in [2.05, 4.69) is 54.6 Å². The van der Waals surface area contributed by atoms with E-state index in [4.69, 9.17) is 0 Å². The average molecular weight is 354 g/mol. The lowest BCUT2D eigenvalue weighted by Gasteiger charge is -2.06. The summed E-state index contributed by atoms with van der Waals surface area (Å²) in [6.07, 6.45) is 2.47. The van der Waals surface area contributed by atoms with Gasteiger partial charge in [-0.2, -0.15) is 0 Å². The first-order valence-electron chi connectivity index (χ1n) is 9.62. The summed E-state index contributed by atoms with van der Waals surface area (Å²) < 4.78 is 3.91. The Labute approximate surface area is 158 Å². The molecule has 0 N–H and O–H groups in total. The van der Waals surface area contributed by atoms with Gasteiger partial charge in [0.15, 0.2) is 0 Å². The Hall–Kier alpha value is -3.07. The van der Waals surface area contributed by atoms with Gasteiger partial charge in [-0.1, -0.05) is 66.7 Å². The van der Waals surface area contributed by atoms with Gasteiger partial charge in [0, 0.05) is 6.54 Å². The lowest BCUT2D eigenvalue weighted by atomic mass is 10.1. The third-order valence-corrected chi connectivity index (χ3v) is 5.45. The van der Waals surface area contributed by atoms with Crippen LogP contribution in [0.4, 0.5) is 0 Å². The van der Waals surface area contributed by atoms with Crippen molar-refractivity contribution in [2.45, 2.75) is 25.9 Å². The van der Waals surface area contributed by atoms with Gasteiger partial charge in [-0.3, -0.25) is 9.13 Å². The lowest BCUT2D eigenvalue weighted by Crippen LogP contribution is -2.25. The Morgan fingerprint density at radius 2 is 1.44 bits per heavy atom. The molecule has 1 aromatic heterocycles. The number of hydrogen-bond donors (Lipinski definition) is 0. The molecule has 27 heavy (non-hydrogen) atoms. The highest BCUT2D eigenvalue weighted by molar-refractivity contribution is 5.83. The van der Waals surface area contributed by atoms with Crippen LogP contribution in [0.25, 0.3) is 22.2 Å². The standard InChI is InChI=1S/C24H22N2O/c27-24-25(17-19-11-12-19)22-14-13-21(20-9-5-2-6-10-20)15-23(22)26(24)16-18-7-3-1-4-8-18/h1-10,13-15,19H,11-12,16-17H2. The van der Waals surface area contributed by atoms with Gasteiger partial charge in [0.1, 0.15) is 0 Å². The first-order valence-corrected chi connectivity index (χ1v) is 9.62. The zero-order valence-corrected chi connectivity index (χ0v) is 15.2. The summed E-state index contributed by atoms with van der Waals surface area (Å²) in [5.74, 6) is 0.660. The number of nitrogens with zero attached hydrogens (tertiary/aromatic N) is 2. The zero-order chi connectivity index (χ0) is 18.2. The summed E-state index contributed by atoms with van der Waals surface area (Å²) in [7, 11) is 0. The zero-order valence-electron chi connectivity index (χ0n) is 15.2. The molecule has 4 aromatic rings. The summed E-state index contributed by atoms with van der Waals surface area (Å²) >= 11 is 0. The molecule has 1 heterocycles. The maximum absolute atomic E-state index is 13.2. The van der Waals surface area contributed by atoms with Crippen molar-refractivity contribution in [3.63, 3.8) is 0 Å². The molecule has 1 saturated carbocycles. The molecule has 0 amide bonds. The van der Waals surface area contributed by atoms with Crippen molar-refractivity contribution in [3.05, 3.63) is 94.9 Å². The molecule has 0 unspecified atom stereocenters. The van der Waals surface area contributed by atoms with Crippen molar-refractivity contribution in [2.75, 3.05) is 0 Å². The number of rotatable bonds is 5. The third-order valence-electron chi connectivity index (χ3n) is 5.45. The highest BCUT2D eigenvalue weighted by Crippen LogP contribution is 2.32. The van der Waals surface area contributed by atoms with Gasteiger partial charge in [0.25, 0.3) is 0 Å². The minimum absolute atomic E-state index is 0.103. The van der Waals surface area contributed by atoms with Crippen molar-refractivity contribution in [1.29, 1.82) is 0 Å². The topological polar surface area (TPSA) is 26.9 Å². The van der Waals surface area contributed by atoms with E-state index in [0.29, 0.717) is 12.5 Å². The molecule has 1 aliphatic rings. The molecule has 0 spiro atoms. The Kier molecular flexibility index (Phi) is 3.93. The van der Waals surface area contributed by atoms with Gasteiger partial charge in [0.2, 0.25) is 0 Å². The van der Waals surface area contributed by atoms with Crippen molar-refractivity contribution >= 4 is 11.0 Å². The second-order valence-corrected chi connectivity index (χ2v) is 7.48. The molecule has 5 rings (SSSR count). The monoisotopic (exact) mass is 354 g/mol. The first-order chi connectivity index (χ1) is 13.3. The quantitative estimate of drug-likeness (QED) is 0.499. The highest BCUT2D eigenvalue weighted by atomic mass is 16.1. The van der Waals surface area contributed by atoms with Crippen LogP contribution in [0.1, 0.15) is 18.4 Å². The molecule has 3 aromatic carbocycles. The molecule has 1 fully saturated rings. The van der Waals surface area contributed by atoms with Crippen LogP contribution in [0.2, 0.25) is 0 Å². The molecule has 0 saturated heterocycles. The smallest absolute Gasteiger partial charge is 0.292 e. The fourth-order valence-electron chi connectivity index (χ4n) is 3.78. The van der Waals surface area contributed by atoms with Crippen LogP contribution in [0.15, 0.2) is 83.7 Å². The second-order valence-electron chi connectivity index (χ2n) is 7.48. The van der Waals surface area contributed by atoms with E-state index in [-0.39, 0.29) is 5.69 Å². The van der Waals surface area contributed by atoms with Crippen molar-refractivity contribution < 1.29 is 0 Å². The van der Waals surface area contributed by atoms with Crippen LogP contribution in [-0.2, 0) is 13.1 Å². The van der Waals surface area contributed by atoms with Crippen molar-refractivity contribution in [3.8, 4) is 11.1 Å². The molecule has 134 valence electrons. The number of benzene rings is 3. The van der Waals surface area contributed by atoms with E-state index in [1.807, 2.05) is 33.4 Å². The number of imidazole rings is 1. The molecule has 3 nitrogen and oxygen atoms in total. The van der Waals surface area contributed by atoms with E-state index in [0.717, 1.165) is 28.7 Å². The van der Waals surface area contributed by atoms with E-state index in [1.165, 1.54) is 18.4 Å². The fourth-order valence-corrected chi connectivity index (χ4v) is 3.78.